The predicted molar refractivity (Wildman–Crippen MR) is 91.1 cm³/mol. The molecule has 0 saturated carbocycles. The number of ether oxygens (including phenoxy) is 1. The first-order valence-corrected chi connectivity index (χ1v) is 8.12. The fraction of sp³-hybridized carbons (Fsp3) is 0.250. The Labute approximate surface area is 142 Å². The van der Waals surface area contributed by atoms with E-state index in [0.717, 1.165) is 11.8 Å². The molecule has 0 spiro atoms. The molecule has 7 nitrogen and oxygen atoms in total. The molecule has 1 amide bonds. The Kier molecular flexibility index (Phi) is 6.14. The molecule has 1 aromatic carbocycles. The van der Waals surface area contributed by atoms with Crippen LogP contribution in [0.1, 0.15) is 11.3 Å². The van der Waals surface area contributed by atoms with Crippen molar-refractivity contribution in [3.8, 4) is 0 Å². The number of benzene rings is 1. The second-order valence-electron chi connectivity index (χ2n) is 4.89. The summed E-state index contributed by atoms with van der Waals surface area (Å²) >= 11 is 1.11. The Morgan fingerprint density at radius 2 is 2.00 bits per heavy atom. The van der Waals surface area contributed by atoms with E-state index in [4.69, 9.17) is 0 Å². The highest BCUT2D eigenvalue weighted by atomic mass is 32.2. The largest absolute Gasteiger partial charge is 0.469 e. The van der Waals surface area contributed by atoms with Gasteiger partial charge in [0.2, 0.25) is 5.91 Å². The van der Waals surface area contributed by atoms with E-state index < -0.39 is 11.5 Å². The number of carbonyl (C=O) groups is 2. The highest BCUT2D eigenvalue weighted by molar-refractivity contribution is 7.99. The van der Waals surface area contributed by atoms with E-state index in [1.807, 2.05) is 18.2 Å². The van der Waals surface area contributed by atoms with E-state index >= 15 is 0 Å². The van der Waals surface area contributed by atoms with E-state index in [2.05, 4.69) is 20.0 Å². The number of methoxy groups -OCH3 is 1. The Morgan fingerprint density at radius 3 is 2.62 bits per heavy atom. The number of H-pyrrole nitrogens is 1. The van der Waals surface area contributed by atoms with Gasteiger partial charge >= 0.3 is 5.97 Å². The summed E-state index contributed by atoms with van der Waals surface area (Å²) in [5, 5.41) is 3.07. The first kappa shape index (κ1) is 17.7. The van der Waals surface area contributed by atoms with E-state index in [0.29, 0.717) is 16.5 Å². The maximum Gasteiger partial charge on any atom is 0.310 e. The minimum absolute atomic E-state index is 0.105. The lowest BCUT2D eigenvalue weighted by molar-refractivity contribution is -0.139. The summed E-state index contributed by atoms with van der Waals surface area (Å²) in [5.41, 5.74) is 1.00. The number of aryl methyl sites for hydroxylation is 1. The van der Waals surface area contributed by atoms with Crippen LogP contribution in [-0.4, -0.2) is 34.7 Å². The highest BCUT2D eigenvalue weighted by Gasteiger charge is 2.13. The third-order valence-corrected chi connectivity index (χ3v) is 4.02. The number of rotatable bonds is 6. The average molecular weight is 347 g/mol. The van der Waals surface area contributed by atoms with Crippen molar-refractivity contribution in [3.05, 3.63) is 51.9 Å². The van der Waals surface area contributed by atoms with Crippen molar-refractivity contribution in [3.63, 3.8) is 0 Å². The zero-order chi connectivity index (χ0) is 17.5. The Hall–Kier alpha value is -2.61. The second kappa shape index (κ2) is 8.30. The molecule has 0 fully saturated rings. The normalized spacial score (nSPS) is 10.2. The van der Waals surface area contributed by atoms with Crippen LogP contribution in [0.15, 0.2) is 40.3 Å². The van der Waals surface area contributed by atoms with Gasteiger partial charge in [-0.3, -0.25) is 14.4 Å². The van der Waals surface area contributed by atoms with Crippen LogP contribution >= 0.6 is 11.8 Å². The topological polar surface area (TPSA) is 101 Å². The zero-order valence-corrected chi connectivity index (χ0v) is 14.1. The van der Waals surface area contributed by atoms with Gasteiger partial charge in [-0.2, -0.15) is 0 Å². The van der Waals surface area contributed by atoms with E-state index in [-0.39, 0.29) is 23.6 Å². The summed E-state index contributed by atoms with van der Waals surface area (Å²) in [6, 6.07) is 9.08. The molecule has 1 heterocycles. The number of amides is 1. The van der Waals surface area contributed by atoms with Crippen LogP contribution in [0.2, 0.25) is 0 Å². The van der Waals surface area contributed by atoms with Crippen molar-refractivity contribution >= 4 is 29.3 Å². The lowest BCUT2D eigenvalue weighted by Crippen LogP contribution is -2.21. The predicted octanol–water partition coefficient (Wildman–Crippen LogP) is 1.52. The molecule has 126 valence electrons. The molecule has 0 aliphatic carbocycles. The first-order valence-electron chi connectivity index (χ1n) is 7.14. The number of para-hydroxylation sites is 1. The number of nitrogens with zero attached hydrogens (tertiary/aromatic N) is 1. The quantitative estimate of drug-likeness (QED) is 0.467. The molecule has 0 bridgehead atoms. The summed E-state index contributed by atoms with van der Waals surface area (Å²) < 4.78 is 4.55. The molecule has 1 aromatic heterocycles. The van der Waals surface area contributed by atoms with Gasteiger partial charge in [-0.15, -0.1) is 0 Å². The zero-order valence-electron chi connectivity index (χ0n) is 13.3. The number of aromatic amines is 1. The third kappa shape index (κ3) is 4.95. The number of anilines is 1. The number of esters is 1. The number of aromatic nitrogens is 2. The summed E-state index contributed by atoms with van der Waals surface area (Å²) in [5.74, 6) is -0.605. The Morgan fingerprint density at radius 1 is 1.29 bits per heavy atom. The molecule has 0 radical (unpaired) electrons. The summed E-state index contributed by atoms with van der Waals surface area (Å²) in [6.45, 7) is 1.64. The number of carbonyl (C=O) groups excluding carboxylic acids is 2. The van der Waals surface area contributed by atoms with Gasteiger partial charge in [-0.25, -0.2) is 4.98 Å². The molecular formula is C16H17N3O4S. The standard InChI is InChI=1S/C16H17N3O4S/c1-10-12(8-14(21)23-2)15(22)19-16(17-10)24-9-13(20)18-11-6-4-3-5-7-11/h3-7H,8-9H2,1-2H3,(H,18,20)(H,17,19,22). The van der Waals surface area contributed by atoms with Crippen molar-refractivity contribution in [1.29, 1.82) is 0 Å². The van der Waals surface area contributed by atoms with Crippen molar-refractivity contribution in [2.24, 2.45) is 0 Å². The van der Waals surface area contributed by atoms with Gasteiger partial charge < -0.3 is 15.0 Å². The number of hydrogen-bond acceptors (Lipinski definition) is 6. The molecule has 0 atom stereocenters. The van der Waals surface area contributed by atoms with Gasteiger partial charge in [0.15, 0.2) is 5.16 Å². The molecule has 2 N–H and O–H groups in total. The van der Waals surface area contributed by atoms with E-state index in [9.17, 15) is 14.4 Å². The molecule has 0 unspecified atom stereocenters. The number of thioether (sulfide) groups is 1. The molecular weight excluding hydrogens is 330 g/mol. The van der Waals surface area contributed by atoms with Crippen molar-refractivity contribution in [1.82, 2.24) is 9.97 Å². The summed E-state index contributed by atoms with van der Waals surface area (Å²) in [6.07, 6.45) is -0.135. The van der Waals surface area contributed by atoms with Crippen LogP contribution in [0.5, 0.6) is 0 Å². The lowest BCUT2D eigenvalue weighted by Gasteiger charge is -2.07. The van der Waals surface area contributed by atoms with E-state index in [1.54, 1.807) is 19.1 Å². The van der Waals surface area contributed by atoms with Crippen LogP contribution in [0, 0.1) is 6.92 Å². The maximum atomic E-state index is 12.0. The van der Waals surface area contributed by atoms with Crippen molar-refractivity contribution in [2.45, 2.75) is 18.5 Å². The van der Waals surface area contributed by atoms with Gasteiger partial charge in [-0.1, -0.05) is 30.0 Å². The van der Waals surface area contributed by atoms with Crippen LogP contribution in [-0.2, 0) is 20.7 Å². The van der Waals surface area contributed by atoms with Gasteiger partial charge in [0.1, 0.15) is 0 Å². The van der Waals surface area contributed by atoms with Crippen molar-refractivity contribution < 1.29 is 14.3 Å². The molecule has 24 heavy (non-hydrogen) atoms. The Balaban J connectivity index is 1.99. The van der Waals surface area contributed by atoms with Gasteiger partial charge in [0.25, 0.3) is 5.56 Å². The van der Waals surface area contributed by atoms with Crippen molar-refractivity contribution in [2.75, 3.05) is 18.2 Å². The highest BCUT2D eigenvalue weighted by Crippen LogP contribution is 2.14. The SMILES string of the molecule is COC(=O)Cc1c(C)nc(SCC(=O)Nc2ccccc2)[nH]c1=O. The van der Waals surface area contributed by atoms with Crippen LogP contribution in [0.3, 0.4) is 0 Å². The first-order chi connectivity index (χ1) is 11.5. The van der Waals surface area contributed by atoms with Gasteiger partial charge in [-0.05, 0) is 19.1 Å². The van der Waals surface area contributed by atoms with Crippen LogP contribution < -0.4 is 10.9 Å². The monoisotopic (exact) mass is 347 g/mol. The van der Waals surface area contributed by atoms with Crippen LogP contribution in [0.4, 0.5) is 5.69 Å². The smallest absolute Gasteiger partial charge is 0.310 e. The maximum absolute atomic E-state index is 12.0. The summed E-state index contributed by atoms with van der Waals surface area (Å²) in [4.78, 5) is 42.0. The van der Waals surface area contributed by atoms with Crippen LogP contribution in [0.25, 0.3) is 0 Å². The molecule has 8 heteroatoms. The fourth-order valence-electron chi connectivity index (χ4n) is 1.93. The minimum atomic E-state index is -0.506. The average Bonchev–Trinajstić information content (AvgIpc) is 2.57. The second-order valence-corrected chi connectivity index (χ2v) is 5.85. The minimum Gasteiger partial charge on any atom is -0.469 e. The number of nitrogens with one attached hydrogen (secondary N) is 2. The van der Waals surface area contributed by atoms with Gasteiger partial charge in [0.05, 0.1) is 19.3 Å². The Bertz CT molecular complexity index is 790. The molecule has 2 aromatic rings. The van der Waals surface area contributed by atoms with E-state index in [1.165, 1.54) is 7.11 Å². The summed E-state index contributed by atoms with van der Waals surface area (Å²) in [7, 11) is 1.26. The fourth-order valence-corrected chi connectivity index (χ4v) is 2.64. The lowest BCUT2D eigenvalue weighted by atomic mass is 10.2. The molecule has 0 aliphatic rings. The molecule has 2 rings (SSSR count). The number of hydrogen-bond donors (Lipinski definition) is 2. The molecule has 0 saturated heterocycles. The van der Waals surface area contributed by atoms with Gasteiger partial charge in [0, 0.05) is 16.9 Å². The molecule has 0 aliphatic heterocycles. The third-order valence-electron chi connectivity index (χ3n) is 3.15.